The van der Waals surface area contributed by atoms with E-state index in [0.717, 1.165) is 15.6 Å². The summed E-state index contributed by atoms with van der Waals surface area (Å²) >= 11 is 3.44. The van der Waals surface area contributed by atoms with Crippen LogP contribution in [0.2, 0.25) is 0 Å². The van der Waals surface area contributed by atoms with Crippen molar-refractivity contribution in [2.45, 2.75) is 19.5 Å². The van der Waals surface area contributed by atoms with E-state index >= 15 is 0 Å². The highest BCUT2D eigenvalue weighted by atomic mass is 79.9. The first-order valence-electron chi connectivity index (χ1n) is 5.47. The highest BCUT2D eigenvalue weighted by molar-refractivity contribution is 9.12. The van der Waals surface area contributed by atoms with Crippen LogP contribution in [0.3, 0.4) is 0 Å². The average Bonchev–Trinajstić information content (AvgIpc) is 2.28. The van der Waals surface area contributed by atoms with Gasteiger partial charge in [0, 0.05) is 22.0 Å². The van der Waals surface area contributed by atoms with E-state index in [2.05, 4.69) is 15.9 Å². The number of ether oxygens (including phenoxy) is 1. The van der Waals surface area contributed by atoms with Gasteiger partial charge in [0.25, 0.3) is 0 Å². The van der Waals surface area contributed by atoms with E-state index in [0.29, 0.717) is 17.7 Å². The van der Waals surface area contributed by atoms with Crippen molar-refractivity contribution in [3.8, 4) is 5.75 Å². The number of alkyl halides is 1. The minimum absolute atomic E-state index is 0.447. The SMILES string of the molecule is COc1ccccc1C1=C(Br)C=C(C)CC1F. The first kappa shape index (κ1) is 12.4. The number of para-hydroxylation sites is 1. The summed E-state index contributed by atoms with van der Waals surface area (Å²) in [6.07, 6.45) is 1.44. The fraction of sp³-hybridized carbons (Fsp3) is 0.286. The molecule has 0 saturated carbocycles. The Labute approximate surface area is 109 Å². The largest absolute Gasteiger partial charge is 0.496 e. The molecule has 0 radical (unpaired) electrons. The highest BCUT2D eigenvalue weighted by Crippen LogP contribution is 2.39. The fourth-order valence-corrected chi connectivity index (χ4v) is 2.90. The van der Waals surface area contributed by atoms with E-state index in [4.69, 9.17) is 4.74 Å². The van der Waals surface area contributed by atoms with Crippen LogP contribution in [0.25, 0.3) is 5.57 Å². The summed E-state index contributed by atoms with van der Waals surface area (Å²) in [4.78, 5) is 0. The van der Waals surface area contributed by atoms with Crippen LogP contribution >= 0.6 is 15.9 Å². The molecule has 1 aliphatic rings. The first-order chi connectivity index (χ1) is 8.13. The van der Waals surface area contributed by atoms with Gasteiger partial charge in [0.2, 0.25) is 0 Å². The summed E-state index contributed by atoms with van der Waals surface area (Å²) in [5, 5.41) is 0. The van der Waals surface area contributed by atoms with Crippen molar-refractivity contribution < 1.29 is 9.13 Å². The van der Waals surface area contributed by atoms with Gasteiger partial charge >= 0.3 is 0 Å². The molecule has 0 heterocycles. The Morgan fingerprint density at radius 2 is 2.06 bits per heavy atom. The molecule has 0 aliphatic heterocycles. The molecule has 1 unspecified atom stereocenters. The van der Waals surface area contributed by atoms with Crippen LogP contribution in [0.5, 0.6) is 5.75 Å². The van der Waals surface area contributed by atoms with Gasteiger partial charge in [-0.15, -0.1) is 0 Å². The van der Waals surface area contributed by atoms with Crippen molar-refractivity contribution >= 4 is 21.5 Å². The Balaban J connectivity index is 2.55. The van der Waals surface area contributed by atoms with Crippen LogP contribution in [0, 0.1) is 0 Å². The van der Waals surface area contributed by atoms with Crippen LogP contribution in [-0.4, -0.2) is 13.3 Å². The van der Waals surface area contributed by atoms with E-state index in [1.807, 2.05) is 37.3 Å². The van der Waals surface area contributed by atoms with Crippen molar-refractivity contribution in [3.05, 3.63) is 46.0 Å². The van der Waals surface area contributed by atoms with Crippen molar-refractivity contribution in [2.24, 2.45) is 0 Å². The fourth-order valence-electron chi connectivity index (χ4n) is 2.05. The lowest BCUT2D eigenvalue weighted by atomic mass is 9.91. The molecule has 0 N–H and O–H groups in total. The van der Waals surface area contributed by atoms with Crippen molar-refractivity contribution in [2.75, 3.05) is 7.11 Å². The number of allylic oxidation sites excluding steroid dienone is 4. The Morgan fingerprint density at radius 1 is 1.35 bits per heavy atom. The zero-order valence-corrected chi connectivity index (χ0v) is 11.4. The third-order valence-corrected chi connectivity index (χ3v) is 3.50. The van der Waals surface area contributed by atoms with Crippen LogP contribution in [-0.2, 0) is 0 Å². The predicted octanol–water partition coefficient (Wildman–Crippen LogP) is 4.49. The lowest BCUT2D eigenvalue weighted by molar-refractivity contribution is 0.396. The summed E-state index contributed by atoms with van der Waals surface area (Å²) in [5.41, 5.74) is 2.54. The maximum absolute atomic E-state index is 14.2. The molecule has 0 amide bonds. The van der Waals surface area contributed by atoms with Gasteiger partial charge in [-0.05, 0) is 19.1 Å². The molecule has 1 nitrogen and oxygen atoms in total. The lowest BCUT2D eigenvalue weighted by Gasteiger charge is -2.21. The topological polar surface area (TPSA) is 9.23 Å². The summed E-state index contributed by atoms with van der Waals surface area (Å²) in [6, 6.07) is 7.51. The standard InChI is InChI=1S/C14H14BrFO/c1-9-7-11(15)14(12(16)8-9)10-5-3-4-6-13(10)17-2/h3-7,12H,8H2,1-2H3. The molecule has 2 rings (SSSR count). The lowest BCUT2D eigenvalue weighted by Crippen LogP contribution is -2.10. The van der Waals surface area contributed by atoms with E-state index < -0.39 is 6.17 Å². The minimum Gasteiger partial charge on any atom is -0.496 e. The molecule has 1 aliphatic carbocycles. The Kier molecular flexibility index (Phi) is 3.67. The predicted molar refractivity (Wildman–Crippen MR) is 72.1 cm³/mol. The molecule has 0 bridgehead atoms. The van der Waals surface area contributed by atoms with Crippen molar-refractivity contribution in [1.29, 1.82) is 0 Å². The number of hydrogen-bond acceptors (Lipinski definition) is 1. The van der Waals surface area contributed by atoms with Gasteiger partial charge in [-0.2, -0.15) is 0 Å². The van der Waals surface area contributed by atoms with Gasteiger partial charge in [-0.25, -0.2) is 4.39 Å². The monoisotopic (exact) mass is 296 g/mol. The zero-order chi connectivity index (χ0) is 12.4. The molecule has 0 spiro atoms. The second-order valence-electron chi connectivity index (χ2n) is 4.12. The zero-order valence-electron chi connectivity index (χ0n) is 9.84. The summed E-state index contributed by atoms with van der Waals surface area (Å²) in [6.45, 7) is 1.94. The normalized spacial score (nSPS) is 20.2. The summed E-state index contributed by atoms with van der Waals surface area (Å²) in [7, 11) is 1.60. The van der Waals surface area contributed by atoms with E-state index in [-0.39, 0.29) is 0 Å². The Hall–Kier alpha value is -1.09. The molecule has 3 heteroatoms. The van der Waals surface area contributed by atoms with Gasteiger partial charge in [0.1, 0.15) is 11.9 Å². The number of hydrogen-bond donors (Lipinski definition) is 0. The smallest absolute Gasteiger partial charge is 0.131 e. The molecular formula is C14H14BrFO. The summed E-state index contributed by atoms with van der Waals surface area (Å²) < 4.78 is 20.3. The molecule has 17 heavy (non-hydrogen) atoms. The van der Waals surface area contributed by atoms with Crippen LogP contribution in [0.15, 0.2) is 40.4 Å². The molecule has 1 atom stereocenters. The molecule has 90 valence electrons. The molecule has 0 fully saturated rings. The van der Waals surface area contributed by atoms with Crippen molar-refractivity contribution in [3.63, 3.8) is 0 Å². The van der Waals surface area contributed by atoms with E-state index in [9.17, 15) is 4.39 Å². The third kappa shape index (κ3) is 2.44. The second kappa shape index (κ2) is 5.05. The minimum atomic E-state index is -0.981. The number of methoxy groups -OCH3 is 1. The first-order valence-corrected chi connectivity index (χ1v) is 6.27. The third-order valence-electron chi connectivity index (χ3n) is 2.84. The van der Waals surface area contributed by atoms with Gasteiger partial charge in [-0.3, -0.25) is 0 Å². The second-order valence-corrected chi connectivity index (χ2v) is 4.98. The van der Waals surface area contributed by atoms with Gasteiger partial charge in [0.05, 0.1) is 7.11 Å². The Morgan fingerprint density at radius 3 is 2.71 bits per heavy atom. The van der Waals surface area contributed by atoms with E-state index in [1.165, 1.54) is 0 Å². The van der Waals surface area contributed by atoms with Crippen LogP contribution in [0.4, 0.5) is 4.39 Å². The van der Waals surface area contributed by atoms with Crippen molar-refractivity contribution in [1.82, 2.24) is 0 Å². The van der Waals surface area contributed by atoms with Gasteiger partial charge < -0.3 is 4.74 Å². The van der Waals surface area contributed by atoms with Gasteiger partial charge in [-0.1, -0.05) is 39.7 Å². The van der Waals surface area contributed by atoms with Crippen LogP contribution in [0.1, 0.15) is 18.9 Å². The average molecular weight is 297 g/mol. The molecule has 1 aromatic carbocycles. The maximum atomic E-state index is 14.2. The molecule has 1 aromatic rings. The molecule has 0 saturated heterocycles. The maximum Gasteiger partial charge on any atom is 0.131 e. The number of benzene rings is 1. The molecular weight excluding hydrogens is 283 g/mol. The highest BCUT2D eigenvalue weighted by Gasteiger charge is 2.24. The number of halogens is 2. The molecule has 0 aromatic heterocycles. The number of rotatable bonds is 2. The Bertz CT molecular complexity index is 491. The summed E-state index contributed by atoms with van der Waals surface area (Å²) in [5.74, 6) is 0.704. The van der Waals surface area contributed by atoms with Gasteiger partial charge in [0.15, 0.2) is 0 Å². The van der Waals surface area contributed by atoms with Crippen LogP contribution < -0.4 is 4.74 Å². The quantitative estimate of drug-likeness (QED) is 0.781. The van der Waals surface area contributed by atoms with E-state index in [1.54, 1.807) is 7.11 Å².